The van der Waals surface area contributed by atoms with Crippen LogP contribution in [0, 0.1) is 24.2 Å². The van der Waals surface area contributed by atoms with Gasteiger partial charge in [-0.25, -0.2) is 0 Å². The molecule has 0 atom stereocenters. The highest BCUT2D eigenvalue weighted by atomic mass is 15.1. The molecule has 0 heterocycles. The Balaban J connectivity index is 2.24. The maximum Gasteiger partial charge on any atom is 0.101 e. The summed E-state index contributed by atoms with van der Waals surface area (Å²) in [5.41, 5.74) is 3.10. The predicted molar refractivity (Wildman–Crippen MR) is 71.1 cm³/mol. The monoisotopic (exact) mass is 228 g/mol. The highest BCUT2D eigenvalue weighted by Gasteiger charge is 2.25. The van der Waals surface area contributed by atoms with Crippen LogP contribution in [0.5, 0.6) is 0 Å². The van der Waals surface area contributed by atoms with Crippen molar-refractivity contribution in [2.45, 2.75) is 33.1 Å². The van der Waals surface area contributed by atoms with Gasteiger partial charge in [-0.2, -0.15) is 5.26 Å². The van der Waals surface area contributed by atoms with Gasteiger partial charge in [0.2, 0.25) is 0 Å². The molecule has 2 rings (SSSR count). The van der Waals surface area contributed by atoms with Crippen molar-refractivity contribution in [1.82, 2.24) is 0 Å². The predicted octanol–water partition coefficient (Wildman–Crippen LogP) is 3.49. The zero-order valence-corrected chi connectivity index (χ0v) is 10.7. The second kappa shape index (κ2) is 5.23. The van der Waals surface area contributed by atoms with Crippen molar-refractivity contribution in [3.8, 4) is 6.07 Å². The van der Waals surface area contributed by atoms with Crippen molar-refractivity contribution in [2.75, 3.05) is 18.0 Å². The van der Waals surface area contributed by atoms with Crippen LogP contribution in [-0.4, -0.2) is 13.1 Å². The Kier molecular flexibility index (Phi) is 3.68. The fourth-order valence-corrected chi connectivity index (χ4v) is 2.21. The quantitative estimate of drug-likeness (QED) is 0.771. The standard InChI is InChI=1S/C15H20N2/c1-3-8-17(11-13-5-6-13)15-7-4-12(2)9-14(15)10-16/h4,7,9,13H,3,5-6,8,11H2,1-2H3. The zero-order valence-electron chi connectivity index (χ0n) is 10.7. The average molecular weight is 228 g/mol. The number of hydrogen-bond acceptors (Lipinski definition) is 2. The number of benzene rings is 1. The van der Waals surface area contributed by atoms with E-state index in [-0.39, 0.29) is 0 Å². The molecule has 0 N–H and O–H groups in total. The smallest absolute Gasteiger partial charge is 0.101 e. The first-order valence-electron chi connectivity index (χ1n) is 6.50. The summed E-state index contributed by atoms with van der Waals surface area (Å²) in [6, 6.07) is 8.52. The molecule has 2 heteroatoms. The number of aryl methyl sites for hydroxylation is 1. The summed E-state index contributed by atoms with van der Waals surface area (Å²) in [6.07, 6.45) is 3.84. The first-order chi connectivity index (χ1) is 8.24. The van der Waals surface area contributed by atoms with E-state index in [2.05, 4.69) is 30.0 Å². The highest BCUT2D eigenvalue weighted by Crippen LogP contribution is 2.32. The van der Waals surface area contributed by atoms with E-state index in [1.165, 1.54) is 12.8 Å². The first-order valence-corrected chi connectivity index (χ1v) is 6.50. The van der Waals surface area contributed by atoms with Gasteiger partial charge in [-0.15, -0.1) is 0 Å². The van der Waals surface area contributed by atoms with E-state index >= 15 is 0 Å². The largest absolute Gasteiger partial charge is 0.370 e. The molecule has 1 aromatic rings. The lowest BCUT2D eigenvalue weighted by Gasteiger charge is -2.25. The lowest BCUT2D eigenvalue weighted by molar-refractivity contribution is 0.707. The second-order valence-corrected chi connectivity index (χ2v) is 5.02. The molecule has 1 aromatic carbocycles. The Hall–Kier alpha value is -1.49. The molecule has 1 saturated carbocycles. The molecule has 0 bridgehead atoms. The first kappa shape index (κ1) is 12.0. The van der Waals surface area contributed by atoms with Crippen molar-refractivity contribution in [3.63, 3.8) is 0 Å². The summed E-state index contributed by atoms with van der Waals surface area (Å²) in [6.45, 7) is 6.40. The van der Waals surface area contributed by atoms with Gasteiger partial charge >= 0.3 is 0 Å². The molecule has 0 spiro atoms. The third kappa shape index (κ3) is 3.00. The normalized spacial score (nSPS) is 14.4. The third-order valence-corrected chi connectivity index (χ3v) is 3.28. The minimum atomic E-state index is 0.819. The van der Waals surface area contributed by atoms with Gasteiger partial charge in [0.15, 0.2) is 0 Å². The number of hydrogen-bond donors (Lipinski definition) is 0. The summed E-state index contributed by atoms with van der Waals surface area (Å²) in [7, 11) is 0. The molecule has 1 fully saturated rings. The van der Waals surface area contributed by atoms with Crippen LogP contribution in [-0.2, 0) is 0 Å². The van der Waals surface area contributed by atoms with Crippen molar-refractivity contribution in [3.05, 3.63) is 29.3 Å². The van der Waals surface area contributed by atoms with Crippen LogP contribution in [0.3, 0.4) is 0 Å². The highest BCUT2D eigenvalue weighted by molar-refractivity contribution is 5.60. The molecule has 0 unspecified atom stereocenters. The van der Waals surface area contributed by atoms with E-state index in [4.69, 9.17) is 0 Å². The molecule has 0 saturated heterocycles. The van der Waals surface area contributed by atoms with E-state index in [0.717, 1.165) is 42.2 Å². The fourth-order valence-electron chi connectivity index (χ4n) is 2.21. The Morgan fingerprint density at radius 3 is 2.76 bits per heavy atom. The van der Waals surface area contributed by atoms with Crippen LogP contribution in [0.4, 0.5) is 5.69 Å². The molecule has 1 aliphatic carbocycles. The molecule has 90 valence electrons. The second-order valence-electron chi connectivity index (χ2n) is 5.02. The van der Waals surface area contributed by atoms with Crippen LogP contribution in [0.2, 0.25) is 0 Å². The maximum absolute atomic E-state index is 9.23. The van der Waals surface area contributed by atoms with Gasteiger partial charge in [-0.3, -0.25) is 0 Å². The summed E-state index contributed by atoms with van der Waals surface area (Å²) in [5, 5.41) is 9.23. The van der Waals surface area contributed by atoms with Gasteiger partial charge in [0.25, 0.3) is 0 Å². The molecule has 0 aromatic heterocycles. The van der Waals surface area contributed by atoms with E-state index in [0.29, 0.717) is 0 Å². The van der Waals surface area contributed by atoms with Gasteiger partial charge in [0, 0.05) is 13.1 Å². The molecule has 2 nitrogen and oxygen atoms in total. The van der Waals surface area contributed by atoms with Gasteiger partial charge in [0.05, 0.1) is 11.3 Å². The summed E-state index contributed by atoms with van der Waals surface area (Å²) >= 11 is 0. The SMILES string of the molecule is CCCN(CC1CC1)c1ccc(C)cc1C#N. The lowest BCUT2D eigenvalue weighted by atomic mass is 10.1. The van der Waals surface area contributed by atoms with E-state index in [9.17, 15) is 5.26 Å². The van der Waals surface area contributed by atoms with E-state index in [1.54, 1.807) is 0 Å². The molecule has 0 aliphatic heterocycles. The van der Waals surface area contributed by atoms with Crippen LogP contribution >= 0.6 is 0 Å². The number of nitriles is 1. The minimum Gasteiger partial charge on any atom is -0.370 e. The van der Waals surface area contributed by atoms with Crippen LogP contribution in [0.1, 0.15) is 37.3 Å². The average Bonchev–Trinajstić information content (AvgIpc) is 3.12. The Morgan fingerprint density at radius 2 is 2.18 bits per heavy atom. The van der Waals surface area contributed by atoms with Crippen LogP contribution in [0.15, 0.2) is 18.2 Å². The number of nitrogens with zero attached hydrogens (tertiary/aromatic N) is 2. The molecule has 0 amide bonds. The van der Waals surface area contributed by atoms with Crippen LogP contribution in [0.25, 0.3) is 0 Å². The third-order valence-electron chi connectivity index (χ3n) is 3.28. The van der Waals surface area contributed by atoms with Crippen molar-refractivity contribution < 1.29 is 0 Å². The van der Waals surface area contributed by atoms with Gasteiger partial charge in [-0.1, -0.05) is 13.0 Å². The Bertz CT molecular complexity index is 427. The zero-order chi connectivity index (χ0) is 12.3. The topological polar surface area (TPSA) is 27.0 Å². The summed E-state index contributed by atoms with van der Waals surface area (Å²) in [4.78, 5) is 2.38. The van der Waals surface area contributed by atoms with Crippen molar-refractivity contribution >= 4 is 5.69 Å². The lowest BCUT2D eigenvalue weighted by Crippen LogP contribution is -2.27. The molecular weight excluding hydrogens is 208 g/mol. The molecule has 17 heavy (non-hydrogen) atoms. The number of anilines is 1. The summed E-state index contributed by atoms with van der Waals surface area (Å²) < 4.78 is 0. The van der Waals surface area contributed by atoms with Gasteiger partial charge in [-0.05, 0) is 49.8 Å². The van der Waals surface area contributed by atoms with Crippen LogP contribution < -0.4 is 4.90 Å². The maximum atomic E-state index is 9.23. The van der Waals surface area contributed by atoms with E-state index in [1.807, 2.05) is 13.0 Å². The van der Waals surface area contributed by atoms with Crippen molar-refractivity contribution in [2.24, 2.45) is 5.92 Å². The fraction of sp³-hybridized carbons (Fsp3) is 0.533. The van der Waals surface area contributed by atoms with Gasteiger partial charge in [0.1, 0.15) is 6.07 Å². The number of rotatable bonds is 5. The Labute approximate surface area is 104 Å². The van der Waals surface area contributed by atoms with E-state index < -0.39 is 0 Å². The molecule has 1 aliphatic rings. The summed E-state index contributed by atoms with van der Waals surface area (Å²) in [5.74, 6) is 0.856. The molecular formula is C15H20N2. The van der Waals surface area contributed by atoms with Crippen molar-refractivity contribution in [1.29, 1.82) is 5.26 Å². The minimum absolute atomic E-state index is 0.819. The van der Waals surface area contributed by atoms with Gasteiger partial charge < -0.3 is 4.90 Å². The Morgan fingerprint density at radius 1 is 1.41 bits per heavy atom. The molecule has 0 radical (unpaired) electrons.